The highest BCUT2D eigenvalue weighted by atomic mass is 35.5. The number of hydrogen-bond donors (Lipinski definition) is 0. The standard InChI is InChI=1S/C12H13ClF3NO2/c1-2-17(11(18)19-8-12(14,15)16)7-9-4-3-5-10(13)6-9/h3-6H,2,7-8H2,1H3. The van der Waals surface area contributed by atoms with E-state index in [1.54, 1.807) is 31.2 Å². The Kier molecular flexibility index (Phi) is 5.47. The molecule has 0 fully saturated rings. The highest BCUT2D eigenvalue weighted by Crippen LogP contribution is 2.16. The van der Waals surface area contributed by atoms with E-state index in [0.29, 0.717) is 5.02 Å². The molecule has 1 aromatic carbocycles. The fourth-order valence-corrected chi connectivity index (χ4v) is 1.61. The van der Waals surface area contributed by atoms with E-state index < -0.39 is 18.9 Å². The molecule has 0 atom stereocenters. The van der Waals surface area contributed by atoms with Crippen molar-refractivity contribution >= 4 is 17.7 Å². The van der Waals surface area contributed by atoms with Gasteiger partial charge in [0.25, 0.3) is 0 Å². The van der Waals surface area contributed by atoms with Crippen LogP contribution < -0.4 is 0 Å². The lowest BCUT2D eigenvalue weighted by molar-refractivity contribution is -0.162. The van der Waals surface area contributed by atoms with Gasteiger partial charge in [0.2, 0.25) is 0 Å². The second-order valence-corrected chi connectivity index (χ2v) is 4.25. The minimum absolute atomic E-state index is 0.147. The molecule has 3 nitrogen and oxygen atoms in total. The van der Waals surface area contributed by atoms with E-state index in [1.165, 1.54) is 0 Å². The summed E-state index contributed by atoms with van der Waals surface area (Å²) in [6.45, 7) is 0.453. The monoisotopic (exact) mass is 295 g/mol. The molecule has 0 radical (unpaired) electrons. The van der Waals surface area contributed by atoms with Gasteiger partial charge >= 0.3 is 12.3 Å². The van der Waals surface area contributed by atoms with Crippen LogP contribution in [-0.4, -0.2) is 30.3 Å². The Morgan fingerprint density at radius 2 is 2.11 bits per heavy atom. The van der Waals surface area contributed by atoms with Crippen LogP contribution in [0.4, 0.5) is 18.0 Å². The van der Waals surface area contributed by atoms with Gasteiger partial charge in [-0.05, 0) is 24.6 Å². The molecule has 0 saturated carbocycles. The van der Waals surface area contributed by atoms with Gasteiger partial charge in [-0.3, -0.25) is 0 Å². The molecule has 1 amide bonds. The number of hydrogen-bond acceptors (Lipinski definition) is 2. The van der Waals surface area contributed by atoms with Crippen molar-refractivity contribution in [2.75, 3.05) is 13.2 Å². The highest BCUT2D eigenvalue weighted by molar-refractivity contribution is 6.30. The summed E-state index contributed by atoms with van der Waals surface area (Å²) in [6.07, 6.45) is -5.52. The fraction of sp³-hybridized carbons (Fsp3) is 0.417. The van der Waals surface area contributed by atoms with Crippen LogP contribution in [0.1, 0.15) is 12.5 Å². The van der Waals surface area contributed by atoms with Crippen LogP contribution in [-0.2, 0) is 11.3 Å². The average molecular weight is 296 g/mol. The Morgan fingerprint density at radius 1 is 1.42 bits per heavy atom. The van der Waals surface area contributed by atoms with Crippen LogP contribution in [0.25, 0.3) is 0 Å². The average Bonchev–Trinajstić information content (AvgIpc) is 2.32. The van der Waals surface area contributed by atoms with Gasteiger partial charge in [0.05, 0.1) is 0 Å². The van der Waals surface area contributed by atoms with Crippen LogP contribution in [0.15, 0.2) is 24.3 Å². The molecule has 1 aromatic rings. The molecule has 0 bridgehead atoms. The third-order valence-electron chi connectivity index (χ3n) is 2.26. The van der Waals surface area contributed by atoms with Gasteiger partial charge in [-0.1, -0.05) is 23.7 Å². The maximum absolute atomic E-state index is 11.9. The molecule has 106 valence electrons. The zero-order valence-corrected chi connectivity index (χ0v) is 11.0. The van der Waals surface area contributed by atoms with Crippen LogP contribution in [0, 0.1) is 0 Å². The van der Waals surface area contributed by atoms with Crippen LogP contribution in [0.5, 0.6) is 0 Å². The number of rotatable bonds is 4. The number of halogens is 4. The second-order valence-electron chi connectivity index (χ2n) is 3.81. The Bertz CT molecular complexity index is 437. The summed E-state index contributed by atoms with van der Waals surface area (Å²) in [5, 5.41) is 0.497. The van der Waals surface area contributed by atoms with Gasteiger partial charge in [0.15, 0.2) is 6.61 Å². The van der Waals surface area contributed by atoms with Gasteiger partial charge < -0.3 is 9.64 Å². The predicted molar refractivity (Wildman–Crippen MR) is 64.9 cm³/mol. The lowest BCUT2D eigenvalue weighted by Gasteiger charge is -2.21. The topological polar surface area (TPSA) is 29.5 Å². The smallest absolute Gasteiger partial charge is 0.422 e. The first-order valence-corrected chi connectivity index (χ1v) is 5.92. The lowest BCUT2D eigenvalue weighted by atomic mass is 10.2. The van der Waals surface area contributed by atoms with Crippen molar-refractivity contribution in [3.63, 3.8) is 0 Å². The number of carbonyl (C=O) groups excluding carboxylic acids is 1. The summed E-state index contributed by atoms with van der Waals surface area (Å²) in [5.41, 5.74) is 0.721. The molecule has 0 N–H and O–H groups in total. The first-order valence-electron chi connectivity index (χ1n) is 5.54. The number of benzene rings is 1. The molecule has 0 aliphatic carbocycles. The van der Waals surface area contributed by atoms with Crippen molar-refractivity contribution in [2.24, 2.45) is 0 Å². The minimum atomic E-state index is -4.52. The molecule has 0 aliphatic heterocycles. The predicted octanol–water partition coefficient (Wildman–Crippen LogP) is 3.86. The number of nitrogens with zero attached hydrogens (tertiary/aromatic N) is 1. The van der Waals surface area contributed by atoms with E-state index in [-0.39, 0.29) is 13.1 Å². The zero-order chi connectivity index (χ0) is 14.5. The van der Waals surface area contributed by atoms with Crippen molar-refractivity contribution in [2.45, 2.75) is 19.6 Å². The van der Waals surface area contributed by atoms with Gasteiger partial charge in [0.1, 0.15) is 0 Å². The van der Waals surface area contributed by atoms with Gasteiger partial charge in [-0.15, -0.1) is 0 Å². The van der Waals surface area contributed by atoms with Crippen molar-refractivity contribution in [1.29, 1.82) is 0 Å². The minimum Gasteiger partial charge on any atom is -0.440 e. The van der Waals surface area contributed by atoms with Crippen molar-refractivity contribution in [3.8, 4) is 0 Å². The molecule has 0 spiro atoms. The molecular formula is C12H13ClF3NO2. The van der Waals surface area contributed by atoms with E-state index in [2.05, 4.69) is 4.74 Å². The number of amides is 1. The lowest BCUT2D eigenvalue weighted by Crippen LogP contribution is -2.33. The van der Waals surface area contributed by atoms with E-state index >= 15 is 0 Å². The number of alkyl halides is 3. The highest BCUT2D eigenvalue weighted by Gasteiger charge is 2.30. The van der Waals surface area contributed by atoms with E-state index in [9.17, 15) is 18.0 Å². The fourth-order valence-electron chi connectivity index (χ4n) is 1.40. The summed E-state index contributed by atoms with van der Waals surface area (Å²) in [7, 11) is 0. The van der Waals surface area contributed by atoms with E-state index in [1.807, 2.05) is 0 Å². The third kappa shape index (κ3) is 5.83. The summed E-state index contributed by atoms with van der Waals surface area (Å²) >= 11 is 5.79. The Balaban J connectivity index is 2.60. The third-order valence-corrected chi connectivity index (χ3v) is 2.50. The first-order chi connectivity index (χ1) is 8.81. The van der Waals surface area contributed by atoms with Crippen LogP contribution >= 0.6 is 11.6 Å². The number of carbonyl (C=O) groups is 1. The molecule has 0 aromatic heterocycles. The van der Waals surface area contributed by atoms with Crippen molar-refractivity contribution in [1.82, 2.24) is 4.90 Å². The van der Waals surface area contributed by atoms with Gasteiger partial charge in [-0.25, -0.2) is 4.79 Å². The van der Waals surface area contributed by atoms with Crippen LogP contribution in [0.2, 0.25) is 5.02 Å². The Labute approximate surface area is 113 Å². The molecule has 0 saturated heterocycles. The van der Waals surface area contributed by atoms with Gasteiger partial charge in [0, 0.05) is 18.1 Å². The summed E-state index contributed by atoms with van der Waals surface area (Å²) in [6, 6.07) is 6.74. The first kappa shape index (κ1) is 15.6. The Hall–Kier alpha value is -1.43. The quantitative estimate of drug-likeness (QED) is 0.844. The van der Waals surface area contributed by atoms with E-state index in [0.717, 1.165) is 10.5 Å². The molecule has 0 unspecified atom stereocenters. The molecule has 19 heavy (non-hydrogen) atoms. The molecular weight excluding hydrogens is 283 g/mol. The summed E-state index contributed by atoms with van der Waals surface area (Å²) in [4.78, 5) is 12.6. The van der Waals surface area contributed by atoms with Crippen molar-refractivity contribution < 1.29 is 22.7 Å². The molecule has 0 heterocycles. The Morgan fingerprint density at radius 3 is 2.63 bits per heavy atom. The molecule has 7 heteroatoms. The SMILES string of the molecule is CCN(Cc1cccc(Cl)c1)C(=O)OCC(F)(F)F. The van der Waals surface area contributed by atoms with Crippen LogP contribution in [0.3, 0.4) is 0 Å². The molecule has 1 rings (SSSR count). The normalized spacial score (nSPS) is 11.2. The zero-order valence-electron chi connectivity index (χ0n) is 10.2. The summed E-state index contributed by atoms with van der Waals surface area (Å²) < 4.78 is 40.0. The maximum Gasteiger partial charge on any atom is 0.422 e. The number of ether oxygens (including phenoxy) is 1. The van der Waals surface area contributed by atoms with E-state index in [4.69, 9.17) is 11.6 Å². The second kappa shape index (κ2) is 6.65. The molecule has 0 aliphatic rings. The maximum atomic E-state index is 11.9. The van der Waals surface area contributed by atoms with Gasteiger partial charge in [-0.2, -0.15) is 13.2 Å². The van der Waals surface area contributed by atoms with Crippen molar-refractivity contribution in [3.05, 3.63) is 34.9 Å². The largest absolute Gasteiger partial charge is 0.440 e. The summed E-state index contributed by atoms with van der Waals surface area (Å²) in [5.74, 6) is 0.